The molecule has 7 nitrogen and oxygen atoms in total. The SMILES string of the molecule is CCC(C)C1C(=O)N(C(C(=O)O)C(C)C)C(=O)N1Cc1ccc(C#N)cc1. The summed E-state index contributed by atoms with van der Waals surface area (Å²) in [6, 6.07) is 6.37. The Kier molecular flexibility index (Phi) is 6.21. The molecule has 144 valence electrons. The van der Waals surface area contributed by atoms with Crippen LogP contribution in [0.1, 0.15) is 45.2 Å². The van der Waals surface area contributed by atoms with Crippen LogP contribution in [0.25, 0.3) is 0 Å². The van der Waals surface area contributed by atoms with Gasteiger partial charge < -0.3 is 10.0 Å². The van der Waals surface area contributed by atoms with E-state index < -0.39 is 35.9 Å². The number of urea groups is 1. The van der Waals surface area contributed by atoms with E-state index in [0.29, 0.717) is 12.0 Å². The average molecular weight is 371 g/mol. The number of carboxylic acid groups (broad SMARTS) is 1. The van der Waals surface area contributed by atoms with E-state index in [1.165, 1.54) is 4.90 Å². The number of carboxylic acids is 1. The van der Waals surface area contributed by atoms with Crippen molar-refractivity contribution >= 4 is 17.9 Å². The highest BCUT2D eigenvalue weighted by molar-refractivity contribution is 6.07. The number of rotatable bonds is 7. The molecule has 3 amide bonds. The van der Waals surface area contributed by atoms with Crippen molar-refractivity contribution in [3.63, 3.8) is 0 Å². The molecule has 1 heterocycles. The first-order valence-corrected chi connectivity index (χ1v) is 9.08. The van der Waals surface area contributed by atoms with Gasteiger partial charge in [0.1, 0.15) is 12.1 Å². The topological polar surface area (TPSA) is 102 Å². The minimum atomic E-state index is -1.19. The lowest BCUT2D eigenvalue weighted by Gasteiger charge is -2.26. The maximum absolute atomic E-state index is 13.0. The van der Waals surface area contributed by atoms with E-state index in [9.17, 15) is 19.5 Å². The third-order valence-corrected chi connectivity index (χ3v) is 5.06. The van der Waals surface area contributed by atoms with E-state index in [1.807, 2.05) is 19.9 Å². The first-order chi connectivity index (χ1) is 12.7. The predicted molar refractivity (Wildman–Crippen MR) is 98.4 cm³/mol. The second-order valence-corrected chi connectivity index (χ2v) is 7.28. The zero-order valence-electron chi connectivity index (χ0n) is 16.0. The summed E-state index contributed by atoms with van der Waals surface area (Å²) < 4.78 is 0. The number of hydrogen-bond acceptors (Lipinski definition) is 4. The van der Waals surface area contributed by atoms with Gasteiger partial charge in [0.25, 0.3) is 5.91 Å². The molecule has 1 aromatic rings. The third-order valence-electron chi connectivity index (χ3n) is 5.06. The van der Waals surface area contributed by atoms with Gasteiger partial charge in [0.2, 0.25) is 0 Å². The van der Waals surface area contributed by atoms with Gasteiger partial charge in [-0.2, -0.15) is 5.26 Å². The summed E-state index contributed by atoms with van der Waals surface area (Å²) in [5, 5.41) is 18.5. The van der Waals surface area contributed by atoms with Gasteiger partial charge >= 0.3 is 12.0 Å². The molecule has 0 aliphatic carbocycles. The monoisotopic (exact) mass is 371 g/mol. The molecule has 1 aliphatic rings. The highest BCUT2D eigenvalue weighted by atomic mass is 16.4. The summed E-state index contributed by atoms with van der Waals surface area (Å²) in [4.78, 5) is 40.1. The molecule has 0 saturated carbocycles. The van der Waals surface area contributed by atoms with Crippen molar-refractivity contribution in [3.8, 4) is 6.07 Å². The average Bonchev–Trinajstić information content (AvgIpc) is 2.86. The number of imide groups is 1. The van der Waals surface area contributed by atoms with Crippen molar-refractivity contribution in [1.82, 2.24) is 9.80 Å². The number of carbonyl (C=O) groups is 3. The van der Waals surface area contributed by atoms with Crippen molar-refractivity contribution < 1.29 is 19.5 Å². The van der Waals surface area contributed by atoms with E-state index in [-0.39, 0.29) is 12.5 Å². The van der Waals surface area contributed by atoms with Gasteiger partial charge in [0.15, 0.2) is 0 Å². The van der Waals surface area contributed by atoms with E-state index in [4.69, 9.17) is 5.26 Å². The number of benzene rings is 1. The first-order valence-electron chi connectivity index (χ1n) is 9.08. The molecule has 3 atom stereocenters. The van der Waals surface area contributed by atoms with Gasteiger partial charge in [-0.1, -0.05) is 46.2 Å². The smallest absolute Gasteiger partial charge is 0.328 e. The van der Waals surface area contributed by atoms with Crippen LogP contribution in [-0.2, 0) is 16.1 Å². The minimum Gasteiger partial charge on any atom is -0.480 e. The standard InChI is InChI=1S/C20H25N3O4/c1-5-13(4)17-18(24)23(16(12(2)3)19(25)26)20(27)22(17)11-15-8-6-14(10-21)7-9-15/h6-9,12-13,16-17H,5,11H2,1-4H3,(H,25,26). The van der Waals surface area contributed by atoms with Crippen LogP contribution in [0.3, 0.4) is 0 Å². The molecule has 1 aliphatic heterocycles. The van der Waals surface area contributed by atoms with Crippen LogP contribution in [0.15, 0.2) is 24.3 Å². The normalized spacial score (nSPS) is 19.3. The van der Waals surface area contributed by atoms with Crippen molar-refractivity contribution in [2.24, 2.45) is 11.8 Å². The Morgan fingerprint density at radius 2 is 1.81 bits per heavy atom. The Morgan fingerprint density at radius 1 is 1.22 bits per heavy atom. The quantitative estimate of drug-likeness (QED) is 0.743. The van der Waals surface area contributed by atoms with Crippen LogP contribution in [0.5, 0.6) is 0 Å². The van der Waals surface area contributed by atoms with Gasteiger partial charge in [-0.15, -0.1) is 0 Å². The summed E-state index contributed by atoms with van der Waals surface area (Å²) in [6.45, 7) is 7.37. The van der Waals surface area contributed by atoms with Gasteiger partial charge in [-0.25, -0.2) is 14.5 Å². The summed E-state index contributed by atoms with van der Waals surface area (Å²) in [5.74, 6) is -2.15. The lowest BCUT2D eigenvalue weighted by atomic mass is 9.96. The van der Waals surface area contributed by atoms with E-state index >= 15 is 0 Å². The zero-order chi connectivity index (χ0) is 20.3. The highest BCUT2D eigenvalue weighted by Gasteiger charge is 2.51. The predicted octanol–water partition coefficient (Wildman–Crippen LogP) is 2.85. The number of aliphatic carboxylic acids is 1. The van der Waals surface area contributed by atoms with Crippen LogP contribution in [0, 0.1) is 23.2 Å². The third kappa shape index (κ3) is 3.95. The van der Waals surface area contributed by atoms with Crippen molar-refractivity contribution in [3.05, 3.63) is 35.4 Å². The highest BCUT2D eigenvalue weighted by Crippen LogP contribution is 2.30. The fourth-order valence-corrected chi connectivity index (χ4v) is 3.40. The Balaban J connectivity index is 2.40. The second kappa shape index (κ2) is 8.21. The molecule has 0 spiro atoms. The van der Waals surface area contributed by atoms with Crippen LogP contribution >= 0.6 is 0 Å². The number of hydrogen-bond donors (Lipinski definition) is 1. The number of nitriles is 1. The molecule has 1 saturated heterocycles. The number of carbonyl (C=O) groups excluding carboxylic acids is 2. The maximum atomic E-state index is 13.0. The number of amides is 3. The van der Waals surface area contributed by atoms with E-state index in [1.54, 1.807) is 38.1 Å². The lowest BCUT2D eigenvalue weighted by molar-refractivity contribution is -0.148. The molecular weight excluding hydrogens is 346 g/mol. The van der Waals surface area contributed by atoms with Crippen molar-refractivity contribution in [2.75, 3.05) is 0 Å². The minimum absolute atomic E-state index is 0.105. The molecular formula is C20H25N3O4. The summed E-state index contributed by atoms with van der Waals surface area (Å²) in [7, 11) is 0. The Hall–Kier alpha value is -2.88. The summed E-state index contributed by atoms with van der Waals surface area (Å²) >= 11 is 0. The molecule has 7 heteroatoms. The molecule has 0 bridgehead atoms. The summed E-state index contributed by atoms with van der Waals surface area (Å²) in [5.41, 5.74) is 1.29. The van der Waals surface area contributed by atoms with Crippen LogP contribution in [0.4, 0.5) is 4.79 Å². The van der Waals surface area contributed by atoms with Gasteiger partial charge in [0.05, 0.1) is 11.6 Å². The molecule has 0 aromatic heterocycles. The molecule has 1 N–H and O–H groups in total. The van der Waals surface area contributed by atoms with Crippen LogP contribution in [-0.4, -0.2) is 44.9 Å². The van der Waals surface area contributed by atoms with Crippen LogP contribution in [0.2, 0.25) is 0 Å². The van der Waals surface area contributed by atoms with Gasteiger partial charge in [0, 0.05) is 6.54 Å². The van der Waals surface area contributed by atoms with Gasteiger partial charge in [-0.3, -0.25) is 4.79 Å². The molecule has 3 unspecified atom stereocenters. The summed E-state index contributed by atoms with van der Waals surface area (Å²) in [6.07, 6.45) is 0.681. The Morgan fingerprint density at radius 3 is 2.26 bits per heavy atom. The lowest BCUT2D eigenvalue weighted by Crippen LogP contribution is -2.49. The molecule has 2 rings (SSSR count). The van der Waals surface area contributed by atoms with Crippen molar-refractivity contribution in [2.45, 2.75) is 52.7 Å². The fourth-order valence-electron chi connectivity index (χ4n) is 3.40. The van der Waals surface area contributed by atoms with E-state index in [2.05, 4.69) is 0 Å². The molecule has 27 heavy (non-hydrogen) atoms. The van der Waals surface area contributed by atoms with Gasteiger partial charge in [-0.05, 0) is 29.5 Å². The zero-order valence-corrected chi connectivity index (χ0v) is 16.0. The van der Waals surface area contributed by atoms with E-state index in [0.717, 1.165) is 10.5 Å². The Labute approximate surface area is 159 Å². The maximum Gasteiger partial charge on any atom is 0.328 e. The second-order valence-electron chi connectivity index (χ2n) is 7.28. The van der Waals surface area contributed by atoms with Crippen molar-refractivity contribution in [1.29, 1.82) is 5.26 Å². The van der Waals surface area contributed by atoms with Crippen LogP contribution < -0.4 is 0 Å². The molecule has 1 fully saturated rings. The molecule has 0 radical (unpaired) electrons. The fraction of sp³-hybridized carbons (Fsp3) is 0.500. The largest absolute Gasteiger partial charge is 0.480 e. The Bertz CT molecular complexity index is 766. The molecule has 1 aromatic carbocycles. The number of nitrogens with zero attached hydrogens (tertiary/aromatic N) is 3. The first kappa shape index (κ1) is 20.4.